The smallest absolute Gasteiger partial charge is 0.326 e. The Morgan fingerprint density at radius 3 is 2.32 bits per heavy atom. The Bertz CT molecular complexity index is 1160. The van der Waals surface area contributed by atoms with Crippen LogP contribution in [0, 0.1) is 11.6 Å². The van der Waals surface area contributed by atoms with E-state index in [1.54, 1.807) is 49.4 Å². The van der Waals surface area contributed by atoms with Crippen LogP contribution in [0.15, 0.2) is 60.7 Å². The van der Waals surface area contributed by atoms with Crippen LogP contribution in [0.3, 0.4) is 0 Å². The van der Waals surface area contributed by atoms with Gasteiger partial charge in [-0.3, -0.25) is 9.59 Å². The van der Waals surface area contributed by atoms with Crippen LogP contribution in [0.1, 0.15) is 19.4 Å². The van der Waals surface area contributed by atoms with Crippen LogP contribution in [-0.2, 0) is 20.9 Å². The second kappa shape index (κ2) is 11.3. The lowest BCUT2D eigenvalue weighted by Crippen LogP contribution is -2.34. The maximum Gasteiger partial charge on any atom is 0.326 e. The van der Waals surface area contributed by atoms with Gasteiger partial charge in [-0.1, -0.05) is 24.3 Å². The molecular formula is C26H25F2NO5. The summed E-state index contributed by atoms with van der Waals surface area (Å²) in [5.74, 6) is -1.92. The van der Waals surface area contributed by atoms with Gasteiger partial charge in [0.2, 0.25) is 5.91 Å². The molecule has 34 heavy (non-hydrogen) atoms. The summed E-state index contributed by atoms with van der Waals surface area (Å²) >= 11 is 0. The highest BCUT2D eigenvalue weighted by molar-refractivity contribution is 5.96. The van der Waals surface area contributed by atoms with Crippen LogP contribution in [0.25, 0.3) is 11.1 Å². The van der Waals surface area contributed by atoms with Gasteiger partial charge in [-0.05, 0) is 48.4 Å². The maximum atomic E-state index is 13.7. The highest BCUT2D eigenvalue weighted by Crippen LogP contribution is 2.33. The lowest BCUT2D eigenvalue weighted by molar-refractivity contribution is -0.142. The monoisotopic (exact) mass is 469 g/mol. The number of ether oxygens (including phenoxy) is 3. The van der Waals surface area contributed by atoms with E-state index in [4.69, 9.17) is 14.2 Å². The van der Waals surface area contributed by atoms with Gasteiger partial charge in [0.05, 0.1) is 13.7 Å². The molecule has 8 heteroatoms. The van der Waals surface area contributed by atoms with E-state index in [1.807, 2.05) is 6.07 Å². The molecule has 3 rings (SSSR count). The molecule has 0 atom stereocenters. The molecule has 0 aliphatic heterocycles. The van der Waals surface area contributed by atoms with Crippen molar-refractivity contribution in [3.8, 4) is 22.6 Å². The van der Waals surface area contributed by atoms with Gasteiger partial charge in [-0.25, -0.2) is 8.78 Å². The minimum Gasteiger partial charge on any atom is -0.496 e. The summed E-state index contributed by atoms with van der Waals surface area (Å²) in [7, 11) is 1.39. The van der Waals surface area contributed by atoms with Crippen LogP contribution in [0.2, 0.25) is 0 Å². The number of rotatable bonds is 9. The molecule has 3 aromatic rings. The Labute approximate surface area is 196 Å². The summed E-state index contributed by atoms with van der Waals surface area (Å²) in [6.07, 6.45) is 0. The molecular weight excluding hydrogens is 444 g/mol. The first-order valence-corrected chi connectivity index (χ1v) is 10.6. The first kappa shape index (κ1) is 24.7. The van der Waals surface area contributed by atoms with Gasteiger partial charge < -0.3 is 19.1 Å². The maximum absolute atomic E-state index is 13.7. The van der Waals surface area contributed by atoms with Gasteiger partial charge in [0.15, 0.2) is 11.6 Å². The zero-order valence-corrected chi connectivity index (χ0v) is 19.1. The third-order valence-electron chi connectivity index (χ3n) is 5.01. The lowest BCUT2D eigenvalue weighted by atomic mass is 10.0. The molecule has 6 nitrogen and oxygen atoms in total. The van der Waals surface area contributed by atoms with E-state index in [0.29, 0.717) is 22.6 Å². The highest BCUT2D eigenvalue weighted by Gasteiger charge is 2.17. The van der Waals surface area contributed by atoms with E-state index < -0.39 is 17.6 Å². The molecule has 0 aromatic heterocycles. The van der Waals surface area contributed by atoms with Crippen molar-refractivity contribution in [3.63, 3.8) is 0 Å². The van der Waals surface area contributed by atoms with E-state index in [1.165, 1.54) is 18.9 Å². The van der Waals surface area contributed by atoms with Gasteiger partial charge in [-0.2, -0.15) is 0 Å². The summed E-state index contributed by atoms with van der Waals surface area (Å²) < 4.78 is 43.1. The molecule has 0 saturated carbocycles. The molecule has 0 N–H and O–H groups in total. The Morgan fingerprint density at radius 2 is 1.68 bits per heavy atom. The van der Waals surface area contributed by atoms with Crippen LogP contribution in [0.4, 0.5) is 14.5 Å². The fraction of sp³-hybridized carbons (Fsp3) is 0.231. The molecule has 178 valence electrons. The molecule has 0 aliphatic carbocycles. The van der Waals surface area contributed by atoms with Gasteiger partial charge >= 0.3 is 5.97 Å². The molecule has 0 aliphatic rings. The second-order valence-electron chi connectivity index (χ2n) is 7.36. The molecule has 3 aromatic carbocycles. The number of nitrogens with zero attached hydrogens (tertiary/aromatic N) is 1. The number of esters is 1. The van der Waals surface area contributed by atoms with Crippen molar-refractivity contribution in [1.29, 1.82) is 0 Å². The molecule has 0 radical (unpaired) electrons. The zero-order valence-electron chi connectivity index (χ0n) is 19.1. The fourth-order valence-electron chi connectivity index (χ4n) is 3.35. The van der Waals surface area contributed by atoms with Crippen molar-refractivity contribution in [2.45, 2.75) is 20.5 Å². The zero-order chi connectivity index (χ0) is 24.7. The largest absolute Gasteiger partial charge is 0.496 e. The van der Waals surface area contributed by atoms with E-state index in [0.717, 1.165) is 17.7 Å². The fourth-order valence-corrected chi connectivity index (χ4v) is 3.35. The number of hydrogen-bond donors (Lipinski definition) is 0. The highest BCUT2D eigenvalue weighted by atomic mass is 19.2. The summed E-state index contributed by atoms with van der Waals surface area (Å²) in [5.41, 5.74) is 2.41. The number of hydrogen-bond acceptors (Lipinski definition) is 5. The standard InChI is InChI=1S/C26H25F2NO5/c1-4-33-26(31)15-29(17(2)30)20-7-5-6-18(12-20)16-34-21-10-8-19(9-11-21)22-13-23(27)24(28)14-25(22)32-3/h5-14H,4,15-16H2,1-3H3. The topological polar surface area (TPSA) is 65.1 Å². The van der Waals surface area contributed by atoms with E-state index >= 15 is 0 Å². The minimum absolute atomic E-state index is 0.178. The van der Waals surface area contributed by atoms with Crippen LogP contribution < -0.4 is 14.4 Å². The lowest BCUT2D eigenvalue weighted by Gasteiger charge is -2.21. The molecule has 0 spiro atoms. The number of anilines is 1. The summed E-state index contributed by atoms with van der Waals surface area (Å²) in [6, 6.07) is 16.1. The minimum atomic E-state index is -0.978. The first-order valence-electron chi connectivity index (χ1n) is 10.6. The summed E-state index contributed by atoms with van der Waals surface area (Å²) in [6.45, 7) is 3.36. The number of benzene rings is 3. The predicted molar refractivity (Wildman–Crippen MR) is 124 cm³/mol. The van der Waals surface area contributed by atoms with Gasteiger partial charge in [0.25, 0.3) is 0 Å². The van der Waals surface area contributed by atoms with Gasteiger partial charge in [0, 0.05) is 24.2 Å². The number of methoxy groups -OCH3 is 1. The van der Waals surface area contributed by atoms with Crippen molar-refractivity contribution in [2.24, 2.45) is 0 Å². The molecule has 0 unspecified atom stereocenters. The number of carbonyl (C=O) groups excluding carboxylic acids is 2. The van der Waals surface area contributed by atoms with Gasteiger partial charge in [0.1, 0.15) is 24.7 Å². The average Bonchev–Trinajstić information content (AvgIpc) is 2.83. The van der Waals surface area contributed by atoms with E-state index in [-0.39, 0.29) is 31.4 Å². The summed E-state index contributed by atoms with van der Waals surface area (Å²) in [5, 5.41) is 0. The van der Waals surface area contributed by atoms with Crippen molar-refractivity contribution in [2.75, 3.05) is 25.2 Å². The Morgan fingerprint density at radius 1 is 0.971 bits per heavy atom. The first-order chi connectivity index (χ1) is 16.3. The molecule has 0 bridgehead atoms. The molecule has 0 heterocycles. The Balaban J connectivity index is 1.71. The third kappa shape index (κ3) is 6.10. The van der Waals surface area contributed by atoms with Crippen molar-refractivity contribution < 1.29 is 32.6 Å². The molecule has 0 fully saturated rings. The molecule has 0 saturated heterocycles. The number of halogens is 2. The quantitative estimate of drug-likeness (QED) is 0.406. The molecule has 1 amide bonds. The normalized spacial score (nSPS) is 10.5. The van der Waals surface area contributed by atoms with Crippen molar-refractivity contribution >= 4 is 17.6 Å². The average molecular weight is 469 g/mol. The number of carbonyl (C=O) groups is 2. The van der Waals surface area contributed by atoms with Gasteiger partial charge in [-0.15, -0.1) is 0 Å². The SMILES string of the molecule is CCOC(=O)CN(C(C)=O)c1cccc(COc2ccc(-c3cc(F)c(F)cc3OC)cc2)c1. The Kier molecular flexibility index (Phi) is 8.19. The van der Waals surface area contributed by atoms with Crippen LogP contribution in [-0.4, -0.2) is 32.1 Å². The second-order valence-corrected chi connectivity index (χ2v) is 7.36. The van der Waals surface area contributed by atoms with E-state index in [2.05, 4.69) is 0 Å². The number of amides is 1. The predicted octanol–water partition coefficient (Wildman–Crippen LogP) is 5.14. The Hall–Kier alpha value is -3.94. The van der Waals surface area contributed by atoms with Crippen molar-refractivity contribution in [3.05, 3.63) is 77.9 Å². The third-order valence-corrected chi connectivity index (χ3v) is 5.01. The van der Waals surface area contributed by atoms with Crippen LogP contribution >= 0.6 is 0 Å². The van der Waals surface area contributed by atoms with E-state index in [9.17, 15) is 18.4 Å². The summed E-state index contributed by atoms with van der Waals surface area (Å²) in [4.78, 5) is 25.2. The van der Waals surface area contributed by atoms with Crippen LogP contribution in [0.5, 0.6) is 11.5 Å². The van der Waals surface area contributed by atoms with Crippen molar-refractivity contribution in [1.82, 2.24) is 0 Å².